The largest absolute Gasteiger partial charge is 0.322 e. The van der Waals surface area contributed by atoms with E-state index in [4.69, 9.17) is 0 Å². The molecule has 6 nitrogen and oxygen atoms in total. The average molecular weight is 358 g/mol. The standard InChI is InChI=1S/C15H12BrN5O/c1-21-14(18-19-20-21)10-5-4-6-11(9-10)17-15(22)12-7-2-3-8-13(12)16/h2-9H,1H3,(H,17,22). The molecule has 110 valence electrons. The van der Waals surface area contributed by atoms with Crippen LogP contribution in [0.2, 0.25) is 0 Å². The van der Waals surface area contributed by atoms with Gasteiger partial charge in [-0.3, -0.25) is 4.79 Å². The number of nitrogens with zero attached hydrogens (tertiary/aromatic N) is 4. The second-order valence-corrected chi connectivity index (χ2v) is 5.50. The zero-order chi connectivity index (χ0) is 15.5. The molecule has 3 aromatic rings. The summed E-state index contributed by atoms with van der Waals surface area (Å²) >= 11 is 3.38. The maximum atomic E-state index is 12.3. The normalized spacial score (nSPS) is 10.5. The van der Waals surface area contributed by atoms with Gasteiger partial charge in [0.05, 0.1) is 5.56 Å². The minimum absolute atomic E-state index is 0.180. The number of carbonyl (C=O) groups is 1. The van der Waals surface area contributed by atoms with Crippen molar-refractivity contribution in [1.29, 1.82) is 0 Å². The third-order valence-corrected chi connectivity index (χ3v) is 3.81. The maximum absolute atomic E-state index is 12.3. The third kappa shape index (κ3) is 2.89. The number of anilines is 1. The Labute approximate surface area is 135 Å². The number of benzene rings is 2. The predicted octanol–water partition coefficient (Wildman–Crippen LogP) is 2.89. The Balaban J connectivity index is 1.86. The van der Waals surface area contributed by atoms with Crippen LogP contribution in [0.4, 0.5) is 5.69 Å². The van der Waals surface area contributed by atoms with E-state index in [9.17, 15) is 4.79 Å². The molecule has 3 rings (SSSR count). The third-order valence-electron chi connectivity index (χ3n) is 3.12. The molecule has 0 fully saturated rings. The lowest BCUT2D eigenvalue weighted by Crippen LogP contribution is -2.12. The smallest absolute Gasteiger partial charge is 0.256 e. The molecular formula is C15H12BrN5O. The number of hydrogen-bond acceptors (Lipinski definition) is 4. The van der Waals surface area contributed by atoms with Crippen molar-refractivity contribution in [2.75, 3.05) is 5.32 Å². The van der Waals surface area contributed by atoms with Gasteiger partial charge in [0, 0.05) is 22.8 Å². The van der Waals surface area contributed by atoms with E-state index >= 15 is 0 Å². The summed E-state index contributed by atoms with van der Waals surface area (Å²) in [6, 6.07) is 14.7. The van der Waals surface area contributed by atoms with Gasteiger partial charge in [0.25, 0.3) is 5.91 Å². The summed E-state index contributed by atoms with van der Waals surface area (Å²) in [7, 11) is 1.77. The first-order valence-electron chi connectivity index (χ1n) is 6.54. The summed E-state index contributed by atoms with van der Waals surface area (Å²) in [6.45, 7) is 0. The summed E-state index contributed by atoms with van der Waals surface area (Å²) < 4.78 is 2.33. The van der Waals surface area contributed by atoms with Crippen LogP contribution in [0.15, 0.2) is 53.0 Å². The van der Waals surface area contributed by atoms with Crippen LogP contribution in [-0.4, -0.2) is 26.1 Å². The molecule has 0 bridgehead atoms. The number of nitrogens with one attached hydrogen (secondary N) is 1. The Morgan fingerprint density at radius 1 is 1.18 bits per heavy atom. The van der Waals surface area contributed by atoms with E-state index in [-0.39, 0.29) is 5.91 Å². The topological polar surface area (TPSA) is 72.7 Å². The van der Waals surface area contributed by atoms with Gasteiger partial charge in [-0.2, -0.15) is 0 Å². The zero-order valence-electron chi connectivity index (χ0n) is 11.7. The number of amides is 1. The van der Waals surface area contributed by atoms with Crippen LogP contribution in [0.25, 0.3) is 11.4 Å². The number of carbonyl (C=O) groups excluding carboxylic acids is 1. The first kappa shape index (κ1) is 14.4. The van der Waals surface area contributed by atoms with E-state index in [1.54, 1.807) is 17.8 Å². The number of aromatic nitrogens is 4. The fourth-order valence-corrected chi connectivity index (χ4v) is 2.52. The van der Waals surface area contributed by atoms with Gasteiger partial charge in [-0.25, -0.2) is 4.68 Å². The summed E-state index contributed by atoms with van der Waals surface area (Å²) in [6.07, 6.45) is 0. The van der Waals surface area contributed by atoms with Crippen molar-refractivity contribution in [3.05, 3.63) is 58.6 Å². The number of hydrogen-bond donors (Lipinski definition) is 1. The summed E-state index contributed by atoms with van der Waals surface area (Å²) in [4.78, 5) is 12.3. The average Bonchev–Trinajstić information content (AvgIpc) is 2.94. The molecule has 1 amide bonds. The maximum Gasteiger partial charge on any atom is 0.256 e. The van der Waals surface area contributed by atoms with Crippen LogP contribution >= 0.6 is 15.9 Å². The van der Waals surface area contributed by atoms with Gasteiger partial charge in [-0.15, -0.1) is 5.10 Å². The minimum Gasteiger partial charge on any atom is -0.322 e. The lowest BCUT2D eigenvalue weighted by Gasteiger charge is -2.08. The molecule has 7 heteroatoms. The molecule has 0 saturated heterocycles. The zero-order valence-corrected chi connectivity index (χ0v) is 13.3. The van der Waals surface area contributed by atoms with Crippen molar-refractivity contribution in [2.45, 2.75) is 0 Å². The first-order valence-corrected chi connectivity index (χ1v) is 7.33. The van der Waals surface area contributed by atoms with Crippen LogP contribution in [-0.2, 0) is 7.05 Å². The highest BCUT2D eigenvalue weighted by Crippen LogP contribution is 2.21. The van der Waals surface area contributed by atoms with Crippen molar-refractivity contribution in [3.8, 4) is 11.4 Å². The van der Waals surface area contributed by atoms with Crippen LogP contribution < -0.4 is 5.32 Å². The molecule has 0 atom stereocenters. The molecule has 0 spiro atoms. The van der Waals surface area contributed by atoms with Crippen LogP contribution in [0.5, 0.6) is 0 Å². The van der Waals surface area contributed by atoms with E-state index < -0.39 is 0 Å². The van der Waals surface area contributed by atoms with Crippen LogP contribution in [0, 0.1) is 0 Å². The van der Waals surface area contributed by atoms with E-state index in [2.05, 4.69) is 36.8 Å². The number of tetrazole rings is 1. The van der Waals surface area contributed by atoms with E-state index in [1.165, 1.54) is 0 Å². The Kier molecular flexibility index (Phi) is 3.97. The van der Waals surface area contributed by atoms with Gasteiger partial charge >= 0.3 is 0 Å². The number of halogens is 1. The molecule has 22 heavy (non-hydrogen) atoms. The SMILES string of the molecule is Cn1nnnc1-c1cccc(NC(=O)c2ccccc2Br)c1. The number of rotatable bonds is 3. The Bertz CT molecular complexity index is 830. The van der Waals surface area contributed by atoms with Crippen molar-refractivity contribution < 1.29 is 4.79 Å². The molecule has 0 aliphatic heterocycles. The molecule has 0 aliphatic rings. The second-order valence-electron chi connectivity index (χ2n) is 4.64. The van der Waals surface area contributed by atoms with Gasteiger partial charge < -0.3 is 5.32 Å². The van der Waals surface area contributed by atoms with Gasteiger partial charge in [0.2, 0.25) is 0 Å². The monoisotopic (exact) mass is 357 g/mol. The minimum atomic E-state index is -0.180. The summed E-state index contributed by atoms with van der Waals surface area (Å²) in [5.74, 6) is 0.456. The van der Waals surface area contributed by atoms with Crippen molar-refractivity contribution >= 4 is 27.5 Å². The van der Waals surface area contributed by atoms with Crippen LogP contribution in [0.1, 0.15) is 10.4 Å². The Morgan fingerprint density at radius 2 is 2.00 bits per heavy atom. The molecule has 0 radical (unpaired) electrons. The highest BCUT2D eigenvalue weighted by Gasteiger charge is 2.11. The van der Waals surface area contributed by atoms with Gasteiger partial charge in [-0.1, -0.05) is 24.3 Å². The van der Waals surface area contributed by atoms with Gasteiger partial charge in [0.15, 0.2) is 5.82 Å². The van der Waals surface area contributed by atoms with Crippen molar-refractivity contribution in [3.63, 3.8) is 0 Å². The quantitative estimate of drug-likeness (QED) is 0.782. The Morgan fingerprint density at radius 3 is 2.73 bits per heavy atom. The highest BCUT2D eigenvalue weighted by atomic mass is 79.9. The first-order chi connectivity index (χ1) is 10.6. The van der Waals surface area contributed by atoms with Crippen molar-refractivity contribution in [1.82, 2.24) is 20.2 Å². The van der Waals surface area contributed by atoms with E-state index in [0.717, 1.165) is 10.0 Å². The molecule has 0 unspecified atom stereocenters. The van der Waals surface area contributed by atoms with Gasteiger partial charge in [0.1, 0.15) is 0 Å². The molecule has 2 aromatic carbocycles. The molecular weight excluding hydrogens is 346 g/mol. The van der Waals surface area contributed by atoms with Crippen LogP contribution in [0.3, 0.4) is 0 Å². The second kappa shape index (κ2) is 6.07. The molecule has 1 heterocycles. The van der Waals surface area contributed by atoms with E-state index in [1.807, 2.05) is 42.5 Å². The fraction of sp³-hybridized carbons (Fsp3) is 0.0667. The molecule has 0 aliphatic carbocycles. The lowest BCUT2D eigenvalue weighted by atomic mass is 10.1. The molecule has 1 N–H and O–H groups in total. The fourth-order valence-electron chi connectivity index (χ4n) is 2.05. The number of aryl methyl sites for hydroxylation is 1. The predicted molar refractivity (Wildman–Crippen MR) is 86.3 cm³/mol. The Hall–Kier alpha value is -2.54. The lowest BCUT2D eigenvalue weighted by molar-refractivity contribution is 0.102. The van der Waals surface area contributed by atoms with E-state index in [0.29, 0.717) is 17.1 Å². The van der Waals surface area contributed by atoms with Crippen molar-refractivity contribution in [2.24, 2.45) is 7.05 Å². The summed E-state index contributed by atoms with van der Waals surface area (Å²) in [5, 5.41) is 14.3. The summed E-state index contributed by atoms with van der Waals surface area (Å²) in [5.41, 5.74) is 2.09. The highest BCUT2D eigenvalue weighted by molar-refractivity contribution is 9.10. The molecule has 0 saturated carbocycles. The molecule has 1 aromatic heterocycles. The van der Waals surface area contributed by atoms with Gasteiger partial charge in [-0.05, 0) is 50.6 Å².